The van der Waals surface area contributed by atoms with Crippen LogP contribution in [-0.2, 0) is 0 Å². The van der Waals surface area contributed by atoms with Crippen LogP contribution in [0.2, 0.25) is 0 Å². The third kappa shape index (κ3) is 3.90. The van der Waals surface area contributed by atoms with Crippen molar-refractivity contribution < 1.29 is 9.64 Å². The molecule has 1 aromatic rings. The SMILES string of the molecule is C=C[C@@H](c1cccc(OC)c1)[C@@H](C)C[NH+](C)C. The van der Waals surface area contributed by atoms with Gasteiger partial charge in [0.2, 0.25) is 0 Å². The summed E-state index contributed by atoms with van der Waals surface area (Å²) in [5.74, 6) is 1.88. The minimum Gasteiger partial charge on any atom is -0.497 e. The number of rotatable bonds is 6. The summed E-state index contributed by atoms with van der Waals surface area (Å²) in [7, 11) is 6.07. The number of ether oxygens (including phenoxy) is 1. The second kappa shape index (κ2) is 6.45. The number of hydrogen-bond acceptors (Lipinski definition) is 1. The molecule has 1 N–H and O–H groups in total. The molecule has 2 heteroatoms. The van der Waals surface area contributed by atoms with Gasteiger partial charge in [0.15, 0.2) is 0 Å². The van der Waals surface area contributed by atoms with Crippen LogP contribution in [-0.4, -0.2) is 27.7 Å². The molecule has 0 heterocycles. The Morgan fingerprint density at radius 1 is 1.41 bits per heavy atom. The molecule has 0 unspecified atom stereocenters. The van der Waals surface area contributed by atoms with Gasteiger partial charge in [-0.1, -0.05) is 25.1 Å². The zero-order valence-corrected chi connectivity index (χ0v) is 11.4. The Labute approximate surface area is 105 Å². The number of quaternary nitrogens is 1. The van der Waals surface area contributed by atoms with E-state index in [4.69, 9.17) is 4.74 Å². The molecule has 0 aliphatic heterocycles. The van der Waals surface area contributed by atoms with Gasteiger partial charge < -0.3 is 9.64 Å². The molecule has 0 aromatic heterocycles. The van der Waals surface area contributed by atoms with E-state index in [1.54, 1.807) is 7.11 Å². The van der Waals surface area contributed by atoms with Crippen molar-refractivity contribution in [3.63, 3.8) is 0 Å². The van der Waals surface area contributed by atoms with E-state index in [9.17, 15) is 0 Å². The highest BCUT2D eigenvalue weighted by Gasteiger charge is 2.18. The fourth-order valence-corrected chi connectivity index (χ4v) is 2.32. The molecule has 2 atom stereocenters. The number of allylic oxidation sites excluding steroid dienone is 1. The number of methoxy groups -OCH3 is 1. The Morgan fingerprint density at radius 2 is 2.12 bits per heavy atom. The predicted molar refractivity (Wildman–Crippen MR) is 72.8 cm³/mol. The van der Waals surface area contributed by atoms with Gasteiger partial charge in [0.25, 0.3) is 0 Å². The highest BCUT2D eigenvalue weighted by Crippen LogP contribution is 2.27. The van der Waals surface area contributed by atoms with Crippen molar-refractivity contribution in [3.8, 4) is 5.75 Å². The van der Waals surface area contributed by atoms with Crippen molar-refractivity contribution in [3.05, 3.63) is 42.5 Å². The molecular weight excluding hydrogens is 210 g/mol. The number of nitrogens with one attached hydrogen (secondary N) is 1. The average molecular weight is 234 g/mol. The molecule has 0 spiro atoms. The highest BCUT2D eigenvalue weighted by molar-refractivity contribution is 5.33. The zero-order chi connectivity index (χ0) is 12.8. The molecule has 0 radical (unpaired) electrons. The summed E-state index contributed by atoms with van der Waals surface area (Å²) in [4.78, 5) is 1.47. The molecule has 1 rings (SSSR count). The molecule has 17 heavy (non-hydrogen) atoms. The zero-order valence-electron chi connectivity index (χ0n) is 11.4. The summed E-state index contributed by atoms with van der Waals surface area (Å²) < 4.78 is 5.27. The van der Waals surface area contributed by atoms with Crippen LogP contribution in [0.25, 0.3) is 0 Å². The lowest BCUT2D eigenvalue weighted by Crippen LogP contribution is -3.06. The smallest absolute Gasteiger partial charge is 0.119 e. The first-order valence-corrected chi connectivity index (χ1v) is 6.14. The normalized spacial score (nSPS) is 14.4. The van der Waals surface area contributed by atoms with Crippen LogP contribution in [0.4, 0.5) is 0 Å². The van der Waals surface area contributed by atoms with Gasteiger partial charge in [0.1, 0.15) is 5.75 Å². The predicted octanol–water partition coefficient (Wildman–Crippen LogP) is 1.75. The van der Waals surface area contributed by atoms with Crippen LogP contribution in [0.1, 0.15) is 18.4 Å². The maximum absolute atomic E-state index is 5.27. The lowest BCUT2D eigenvalue weighted by Gasteiger charge is -2.22. The van der Waals surface area contributed by atoms with E-state index in [1.165, 1.54) is 10.5 Å². The van der Waals surface area contributed by atoms with E-state index < -0.39 is 0 Å². The first kappa shape index (κ1) is 13.8. The third-order valence-corrected chi connectivity index (χ3v) is 3.08. The van der Waals surface area contributed by atoms with E-state index in [2.05, 4.69) is 39.7 Å². The first-order chi connectivity index (χ1) is 8.08. The lowest BCUT2D eigenvalue weighted by atomic mass is 9.87. The van der Waals surface area contributed by atoms with Gasteiger partial charge in [-0.2, -0.15) is 0 Å². The van der Waals surface area contributed by atoms with Gasteiger partial charge in [-0.3, -0.25) is 0 Å². The molecule has 2 nitrogen and oxygen atoms in total. The van der Waals surface area contributed by atoms with Crippen molar-refractivity contribution in [1.29, 1.82) is 0 Å². The molecule has 0 amide bonds. The topological polar surface area (TPSA) is 13.7 Å². The van der Waals surface area contributed by atoms with Crippen molar-refractivity contribution in [1.82, 2.24) is 0 Å². The summed E-state index contributed by atoms with van der Waals surface area (Å²) in [6, 6.07) is 8.27. The minimum atomic E-state index is 0.389. The Kier molecular flexibility index (Phi) is 5.23. The third-order valence-electron chi connectivity index (χ3n) is 3.08. The first-order valence-electron chi connectivity index (χ1n) is 6.14. The Hall–Kier alpha value is -1.28. The Morgan fingerprint density at radius 3 is 2.65 bits per heavy atom. The van der Waals surface area contributed by atoms with Gasteiger partial charge in [-0.15, -0.1) is 6.58 Å². The van der Waals surface area contributed by atoms with E-state index in [-0.39, 0.29) is 0 Å². The van der Waals surface area contributed by atoms with E-state index in [0.717, 1.165) is 12.3 Å². The van der Waals surface area contributed by atoms with Crippen molar-refractivity contribution in [2.75, 3.05) is 27.7 Å². The molecule has 0 aliphatic rings. The summed E-state index contributed by atoms with van der Waals surface area (Å²) in [6.07, 6.45) is 2.04. The molecule has 0 fully saturated rings. The average Bonchev–Trinajstić information content (AvgIpc) is 2.29. The van der Waals surface area contributed by atoms with Crippen molar-refractivity contribution in [2.24, 2.45) is 5.92 Å². The van der Waals surface area contributed by atoms with Crippen LogP contribution < -0.4 is 9.64 Å². The van der Waals surface area contributed by atoms with Gasteiger partial charge >= 0.3 is 0 Å². The van der Waals surface area contributed by atoms with Crippen LogP contribution in [0, 0.1) is 5.92 Å². The lowest BCUT2D eigenvalue weighted by molar-refractivity contribution is -0.862. The monoisotopic (exact) mass is 234 g/mol. The Bertz CT molecular complexity index is 360. The van der Waals surface area contributed by atoms with Gasteiger partial charge in [-0.05, 0) is 17.7 Å². The van der Waals surface area contributed by atoms with Crippen molar-refractivity contribution >= 4 is 0 Å². The standard InChI is InChI=1S/C15H23NO/c1-6-15(12(2)11-16(3)4)13-8-7-9-14(10-13)17-5/h6-10,12,15H,1,11H2,2-5H3/p+1/t12-,15+/m0/s1. The summed E-state index contributed by atoms with van der Waals surface area (Å²) in [5.41, 5.74) is 1.29. The minimum absolute atomic E-state index is 0.389. The fourth-order valence-electron chi connectivity index (χ4n) is 2.32. The maximum Gasteiger partial charge on any atom is 0.119 e. The van der Waals surface area contributed by atoms with E-state index in [0.29, 0.717) is 11.8 Å². The van der Waals surface area contributed by atoms with Gasteiger partial charge in [0.05, 0.1) is 27.7 Å². The second-order valence-corrected chi connectivity index (χ2v) is 4.93. The number of hydrogen-bond donors (Lipinski definition) is 1. The van der Waals surface area contributed by atoms with Crippen LogP contribution in [0.15, 0.2) is 36.9 Å². The van der Waals surface area contributed by atoms with Crippen LogP contribution in [0.5, 0.6) is 5.75 Å². The maximum atomic E-state index is 5.27. The summed E-state index contributed by atoms with van der Waals surface area (Å²) in [6.45, 7) is 7.38. The van der Waals surface area contributed by atoms with Crippen LogP contribution >= 0.6 is 0 Å². The molecule has 1 aromatic carbocycles. The molecule has 0 aliphatic carbocycles. The van der Waals surface area contributed by atoms with Crippen molar-refractivity contribution in [2.45, 2.75) is 12.8 Å². The second-order valence-electron chi connectivity index (χ2n) is 4.93. The molecule has 94 valence electrons. The number of benzene rings is 1. The van der Waals surface area contributed by atoms with Crippen LogP contribution in [0.3, 0.4) is 0 Å². The van der Waals surface area contributed by atoms with E-state index >= 15 is 0 Å². The quantitative estimate of drug-likeness (QED) is 0.740. The van der Waals surface area contributed by atoms with E-state index in [1.807, 2.05) is 18.2 Å². The molecule has 0 bridgehead atoms. The summed E-state index contributed by atoms with van der Waals surface area (Å²) in [5, 5.41) is 0. The molecular formula is C15H24NO+. The Balaban J connectivity index is 2.88. The molecule has 0 saturated heterocycles. The van der Waals surface area contributed by atoms with Gasteiger partial charge in [0, 0.05) is 11.8 Å². The summed E-state index contributed by atoms with van der Waals surface area (Å²) >= 11 is 0. The largest absolute Gasteiger partial charge is 0.497 e. The fraction of sp³-hybridized carbons (Fsp3) is 0.467. The molecule has 0 saturated carbocycles. The highest BCUT2D eigenvalue weighted by atomic mass is 16.5. The van der Waals surface area contributed by atoms with Gasteiger partial charge in [-0.25, -0.2) is 0 Å².